The van der Waals surface area contributed by atoms with Crippen LogP contribution in [0.15, 0.2) is 12.7 Å². The van der Waals surface area contributed by atoms with Gasteiger partial charge < -0.3 is 10.4 Å². The Labute approximate surface area is 79.8 Å². The Balaban J connectivity index is 3.21. The highest BCUT2D eigenvalue weighted by atomic mass is 16.3. The lowest BCUT2D eigenvalue weighted by atomic mass is 10.2. The van der Waals surface area contributed by atoms with E-state index >= 15 is 0 Å². The normalized spacial score (nSPS) is 12.2. The van der Waals surface area contributed by atoms with Crippen LogP contribution in [0.5, 0.6) is 0 Å². The topological polar surface area (TPSA) is 49.3 Å². The lowest BCUT2D eigenvalue weighted by molar-refractivity contribution is -0.121. The molecule has 13 heavy (non-hydrogen) atoms. The highest BCUT2D eigenvalue weighted by molar-refractivity contribution is 5.75. The van der Waals surface area contributed by atoms with Gasteiger partial charge in [-0.3, -0.25) is 4.79 Å². The first-order valence-electron chi connectivity index (χ1n) is 4.72. The molecule has 3 heteroatoms. The smallest absolute Gasteiger partial charge is 0.220 e. The van der Waals surface area contributed by atoms with E-state index in [-0.39, 0.29) is 12.0 Å². The maximum atomic E-state index is 11.0. The summed E-state index contributed by atoms with van der Waals surface area (Å²) in [6, 6.07) is 0. The van der Waals surface area contributed by atoms with Crippen molar-refractivity contribution in [1.82, 2.24) is 5.32 Å². The number of aliphatic hydroxyl groups is 1. The van der Waals surface area contributed by atoms with E-state index in [1.54, 1.807) is 13.0 Å². The molecule has 0 aliphatic heterocycles. The van der Waals surface area contributed by atoms with Gasteiger partial charge in [0.1, 0.15) is 0 Å². The molecule has 76 valence electrons. The van der Waals surface area contributed by atoms with E-state index in [2.05, 4.69) is 11.9 Å². The lowest BCUT2D eigenvalue weighted by Gasteiger charge is -2.05. The summed E-state index contributed by atoms with van der Waals surface area (Å²) in [5, 5.41) is 11.7. The van der Waals surface area contributed by atoms with Gasteiger partial charge in [-0.2, -0.15) is 0 Å². The molecule has 1 amide bonds. The molecular weight excluding hydrogens is 166 g/mol. The van der Waals surface area contributed by atoms with Crippen molar-refractivity contribution >= 4 is 5.91 Å². The van der Waals surface area contributed by atoms with Gasteiger partial charge in [0.15, 0.2) is 0 Å². The van der Waals surface area contributed by atoms with Gasteiger partial charge in [-0.1, -0.05) is 6.08 Å². The van der Waals surface area contributed by atoms with Crippen LogP contribution in [0.1, 0.15) is 32.6 Å². The van der Waals surface area contributed by atoms with E-state index in [9.17, 15) is 4.79 Å². The van der Waals surface area contributed by atoms with Crippen LogP contribution >= 0.6 is 0 Å². The van der Waals surface area contributed by atoms with Crippen LogP contribution in [0.3, 0.4) is 0 Å². The van der Waals surface area contributed by atoms with Gasteiger partial charge in [0, 0.05) is 13.0 Å². The quantitative estimate of drug-likeness (QED) is 0.463. The second kappa shape index (κ2) is 7.80. The third-order valence-electron chi connectivity index (χ3n) is 1.70. The second-order valence-electron chi connectivity index (χ2n) is 3.17. The van der Waals surface area contributed by atoms with Crippen molar-refractivity contribution in [2.75, 3.05) is 6.54 Å². The van der Waals surface area contributed by atoms with Crippen LogP contribution in [0.25, 0.3) is 0 Å². The number of carbonyl (C=O) groups is 1. The molecule has 0 fully saturated rings. The van der Waals surface area contributed by atoms with E-state index in [0.717, 1.165) is 19.3 Å². The summed E-state index contributed by atoms with van der Waals surface area (Å²) in [5.74, 6) is 0.0606. The SMILES string of the molecule is C=CCCC(=O)NCCCC(C)O. The molecule has 1 unspecified atom stereocenters. The van der Waals surface area contributed by atoms with E-state index in [1.807, 2.05) is 0 Å². The third-order valence-corrected chi connectivity index (χ3v) is 1.70. The summed E-state index contributed by atoms with van der Waals surface area (Å²) in [4.78, 5) is 11.0. The zero-order chi connectivity index (χ0) is 10.1. The predicted molar refractivity (Wildman–Crippen MR) is 53.4 cm³/mol. The third kappa shape index (κ3) is 9.08. The summed E-state index contributed by atoms with van der Waals surface area (Å²) in [5.41, 5.74) is 0. The number of hydrogen-bond acceptors (Lipinski definition) is 2. The van der Waals surface area contributed by atoms with Crippen molar-refractivity contribution in [3.63, 3.8) is 0 Å². The summed E-state index contributed by atoms with van der Waals surface area (Å²) in [7, 11) is 0. The Bertz CT molecular complexity index is 155. The zero-order valence-corrected chi connectivity index (χ0v) is 8.25. The monoisotopic (exact) mass is 185 g/mol. The molecule has 0 heterocycles. The second-order valence-corrected chi connectivity index (χ2v) is 3.17. The molecule has 2 N–H and O–H groups in total. The van der Waals surface area contributed by atoms with Crippen LogP contribution in [-0.2, 0) is 4.79 Å². The number of nitrogens with one attached hydrogen (secondary N) is 1. The van der Waals surface area contributed by atoms with Crippen molar-refractivity contribution in [3.8, 4) is 0 Å². The molecule has 0 saturated heterocycles. The molecule has 3 nitrogen and oxygen atoms in total. The van der Waals surface area contributed by atoms with Gasteiger partial charge in [0.05, 0.1) is 6.10 Å². The van der Waals surface area contributed by atoms with Gasteiger partial charge >= 0.3 is 0 Å². The van der Waals surface area contributed by atoms with E-state index < -0.39 is 0 Å². The Kier molecular flexibility index (Phi) is 7.30. The predicted octanol–water partition coefficient (Wildman–Crippen LogP) is 1.23. The van der Waals surface area contributed by atoms with Gasteiger partial charge in [-0.25, -0.2) is 0 Å². The fraction of sp³-hybridized carbons (Fsp3) is 0.700. The Hall–Kier alpha value is -0.830. The van der Waals surface area contributed by atoms with Crippen molar-refractivity contribution in [2.45, 2.75) is 38.7 Å². The van der Waals surface area contributed by atoms with Crippen LogP contribution in [-0.4, -0.2) is 23.7 Å². The van der Waals surface area contributed by atoms with Gasteiger partial charge in [0.25, 0.3) is 0 Å². The Morgan fingerprint density at radius 3 is 2.92 bits per heavy atom. The number of rotatable bonds is 7. The average molecular weight is 185 g/mol. The largest absolute Gasteiger partial charge is 0.393 e. The molecule has 0 aliphatic rings. The maximum Gasteiger partial charge on any atom is 0.220 e. The van der Waals surface area contributed by atoms with Gasteiger partial charge in [0.2, 0.25) is 5.91 Å². The molecule has 0 radical (unpaired) electrons. The number of hydrogen-bond donors (Lipinski definition) is 2. The maximum absolute atomic E-state index is 11.0. The summed E-state index contributed by atoms with van der Waals surface area (Å²) >= 11 is 0. The van der Waals surface area contributed by atoms with Gasteiger partial charge in [-0.15, -0.1) is 6.58 Å². The molecular formula is C10H19NO2. The molecule has 0 rings (SSSR count). The fourth-order valence-corrected chi connectivity index (χ4v) is 0.947. The summed E-state index contributed by atoms with van der Waals surface area (Å²) in [6.45, 7) is 5.94. The Morgan fingerprint density at radius 1 is 1.69 bits per heavy atom. The van der Waals surface area contributed by atoms with E-state index in [1.165, 1.54) is 0 Å². The lowest BCUT2D eigenvalue weighted by Crippen LogP contribution is -2.24. The zero-order valence-electron chi connectivity index (χ0n) is 8.25. The highest BCUT2D eigenvalue weighted by Gasteiger charge is 1.99. The molecule has 0 aliphatic carbocycles. The molecule has 0 aromatic carbocycles. The number of amides is 1. The van der Waals surface area contributed by atoms with Crippen LogP contribution in [0, 0.1) is 0 Å². The summed E-state index contributed by atoms with van der Waals surface area (Å²) in [6.07, 6.45) is 4.26. The van der Waals surface area contributed by atoms with E-state index in [4.69, 9.17) is 5.11 Å². The van der Waals surface area contributed by atoms with Gasteiger partial charge in [-0.05, 0) is 26.2 Å². The van der Waals surface area contributed by atoms with Crippen molar-refractivity contribution in [3.05, 3.63) is 12.7 Å². The average Bonchev–Trinajstić information content (AvgIpc) is 2.08. The minimum absolute atomic E-state index is 0.0606. The fourth-order valence-electron chi connectivity index (χ4n) is 0.947. The van der Waals surface area contributed by atoms with Crippen molar-refractivity contribution in [2.24, 2.45) is 0 Å². The number of carbonyl (C=O) groups excluding carboxylic acids is 1. The first-order valence-corrected chi connectivity index (χ1v) is 4.72. The first kappa shape index (κ1) is 12.2. The molecule has 0 spiro atoms. The molecule has 1 atom stereocenters. The minimum atomic E-state index is -0.273. The standard InChI is InChI=1S/C10H19NO2/c1-3-4-7-10(13)11-8-5-6-9(2)12/h3,9,12H,1,4-8H2,2H3,(H,11,13). The first-order chi connectivity index (χ1) is 6.16. The number of allylic oxidation sites excluding steroid dienone is 1. The minimum Gasteiger partial charge on any atom is -0.393 e. The van der Waals surface area contributed by atoms with Crippen LogP contribution < -0.4 is 5.32 Å². The highest BCUT2D eigenvalue weighted by Crippen LogP contribution is 1.94. The van der Waals surface area contributed by atoms with Crippen molar-refractivity contribution < 1.29 is 9.90 Å². The van der Waals surface area contributed by atoms with Crippen molar-refractivity contribution in [1.29, 1.82) is 0 Å². The number of aliphatic hydroxyl groups excluding tert-OH is 1. The molecule has 0 aromatic heterocycles. The molecule has 0 bridgehead atoms. The van der Waals surface area contributed by atoms with E-state index in [0.29, 0.717) is 13.0 Å². The molecule has 0 aromatic rings. The Morgan fingerprint density at radius 2 is 2.38 bits per heavy atom. The molecule has 0 saturated carbocycles. The van der Waals surface area contributed by atoms with Crippen LogP contribution in [0.2, 0.25) is 0 Å². The summed E-state index contributed by atoms with van der Waals surface area (Å²) < 4.78 is 0. The van der Waals surface area contributed by atoms with Crippen LogP contribution in [0.4, 0.5) is 0 Å².